The van der Waals surface area contributed by atoms with Crippen molar-refractivity contribution in [2.75, 3.05) is 18.1 Å². The zero-order valence-electron chi connectivity index (χ0n) is 12.0. The number of ether oxygens (including phenoxy) is 1. The number of nitrogens with two attached hydrogens (primary N) is 1. The monoisotopic (exact) mass is 286 g/mol. The van der Waals surface area contributed by atoms with E-state index in [0.29, 0.717) is 30.9 Å². The molecule has 0 saturated heterocycles. The Kier molecular flexibility index (Phi) is 3.51. The molecular formula is C16H18N2O3. The molecule has 0 saturated carbocycles. The van der Waals surface area contributed by atoms with E-state index >= 15 is 0 Å². The van der Waals surface area contributed by atoms with Crippen molar-refractivity contribution < 1.29 is 4.74 Å². The van der Waals surface area contributed by atoms with E-state index in [2.05, 4.69) is 19.1 Å². The van der Waals surface area contributed by atoms with Crippen molar-refractivity contribution in [1.29, 1.82) is 0 Å². The number of hydrogen-bond acceptors (Lipinski definition) is 5. The number of benzene rings is 1. The summed E-state index contributed by atoms with van der Waals surface area (Å²) in [5.74, 6) is 0.850. The molecule has 5 heteroatoms. The zero-order valence-corrected chi connectivity index (χ0v) is 12.0. The fourth-order valence-electron chi connectivity index (χ4n) is 2.81. The molecule has 0 fully saturated rings. The highest BCUT2D eigenvalue weighted by Gasteiger charge is 2.26. The molecule has 2 aromatic rings. The smallest absolute Gasteiger partial charge is 0.249 e. The normalized spacial score (nSPS) is 14.7. The number of nitrogens with zero attached hydrogens (tertiary/aromatic N) is 1. The summed E-state index contributed by atoms with van der Waals surface area (Å²) in [5.41, 5.74) is 7.89. The molecule has 0 aromatic heterocycles. The van der Waals surface area contributed by atoms with Gasteiger partial charge in [-0.15, -0.1) is 0 Å². The average Bonchev–Trinajstić information content (AvgIpc) is 2.72. The van der Waals surface area contributed by atoms with E-state index in [0.717, 1.165) is 17.7 Å². The van der Waals surface area contributed by atoms with Crippen LogP contribution in [0.4, 0.5) is 5.69 Å². The van der Waals surface area contributed by atoms with Crippen LogP contribution in [0.5, 0.6) is 5.75 Å². The molecule has 0 aliphatic carbocycles. The van der Waals surface area contributed by atoms with Gasteiger partial charge in [0.1, 0.15) is 12.4 Å². The molecule has 1 heterocycles. The van der Waals surface area contributed by atoms with Gasteiger partial charge in [0, 0.05) is 24.2 Å². The molecule has 0 atom stereocenters. The van der Waals surface area contributed by atoms with Crippen molar-refractivity contribution in [1.82, 2.24) is 0 Å². The Hall–Kier alpha value is -2.14. The summed E-state index contributed by atoms with van der Waals surface area (Å²) in [6.45, 7) is 3.84. The summed E-state index contributed by atoms with van der Waals surface area (Å²) in [6, 6.07) is 6.13. The molecule has 0 bridgehead atoms. The van der Waals surface area contributed by atoms with Gasteiger partial charge < -0.3 is 15.4 Å². The Morgan fingerprint density at radius 1 is 1.29 bits per heavy atom. The fraction of sp³-hybridized carbons (Fsp3) is 0.375. The van der Waals surface area contributed by atoms with E-state index in [9.17, 15) is 9.59 Å². The largest absolute Gasteiger partial charge is 0.491 e. The lowest BCUT2D eigenvalue weighted by Gasteiger charge is -2.25. The molecule has 0 unspecified atom stereocenters. The van der Waals surface area contributed by atoms with E-state index in [1.807, 2.05) is 11.0 Å². The van der Waals surface area contributed by atoms with Gasteiger partial charge in [0.25, 0.3) is 0 Å². The quantitative estimate of drug-likeness (QED) is 0.841. The van der Waals surface area contributed by atoms with Gasteiger partial charge in [-0.3, -0.25) is 9.59 Å². The highest BCUT2D eigenvalue weighted by atomic mass is 16.5. The molecule has 0 amide bonds. The predicted octanol–water partition coefficient (Wildman–Crippen LogP) is 0.703. The van der Waals surface area contributed by atoms with E-state index in [4.69, 9.17) is 10.5 Å². The van der Waals surface area contributed by atoms with E-state index in [1.165, 1.54) is 5.56 Å². The van der Waals surface area contributed by atoms with Gasteiger partial charge in [0.2, 0.25) is 10.9 Å². The van der Waals surface area contributed by atoms with E-state index < -0.39 is 10.9 Å². The minimum atomic E-state index is -0.444. The number of fused-ring (bicyclic) bond motifs is 1. The zero-order chi connectivity index (χ0) is 15.0. The van der Waals surface area contributed by atoms with Gasteiger partial charge in [-0.1, -0.05) is 19.1 Å². The number of aryl methyl sites for hydroxylation is 1. The average molecular weight is 286 g/mol. The fourth-order valence-corrected chi connectivity index (χ4v) is 2.81. The van der Waals surface area contributed by atoms with Crippen LogP contribution in [0.15, 0.2) is 27.8 Å². The van der Waals surface area contributed by atoms with Gasteiger partial charge in [0.05, 0.1) is 12.2 Å². The van der Waals surface area contributed by atoms with E-state index in [1.54, 1.807) is 0 Å². The van der Waals surface area contributed by atoms with Gasteiger partial charge in [0.15, 0.2) is 0 Å². The van der Waals surface area contributed by atoms with Gasteiger partial charge in [-0.25, -0.2) is 0 Å². The van der Waals surface area contributed by atoms with Crippen LogP contribution in [0.1, 0.15) is 23.6 Å². The summed E-state index contributed by atoms with van der Waals surface area (Å²) in [5, 5.41) is 0. The second kappa shape index (κ2) is 5.33. The summed E-state index contributed by atoms with van der Waals surface area (Å²) in [7, 11) is 0. The lowest BCUT2D eigenvalue weighted by atomic mass is 10.0. The summed E-state index contributed by atoms with van der Waals surface area (Å²) >= 11 is 0. The SMILES string of the molecule is CCc1ccc2c(c1)CN(c1c(CN)c(=O)c1=O)CCO2. The summed E-state index contributed by atoms with van der Waals surface area (Å²) in [6.07, 6.45) is 0.946. The summed E-state index contributed by atoms with van der Waals surface area (Å²) < 4.78 is 5.74. The second-order valence-corrected chi connectivity index (χ2v) is 5.26. The predicted molar refractivity (Wildman–Crippen MR) is 81.6 cm³/mol. The van der Waals surface area contributed by atoms with Crippen LogP contribution < -0.4 is 26.2 Å². The van der Waals surface area contributed by atoms with Gasteiger partial charge in [-0.05, 0) is 18.1 Å². The first kappa shape index (κ1) is 13.8. The molecule has 21 heavy (non-hydrogen) atoms. The van der Waals surface area contributed by atoms with Crippen LogP contribution in [0.3, 0.4) is 0 Å². The van der Waals surface area contributed by atoms with Crippen molar-refractivity contribution >= 4 is 5.69 Å². The Labute approximate surface area is 122 Å². The van der Waals surface area contributed by atoms with Crippen molar-refractivity contribution in [3.63, 3.8) is 0 Å². The summed E-state index contributed by atoms with van der Waals surface area (Å²) in [4.78, 5) is 25.3. The number of anilines is 1. The number of rotatable bonds is 3. The lowest BCUT2D eigenvalue weighted by Crippen LogP contribution is -2.45. The van der Waals surface area contributed by atoms with Crippen LogP contribution in [0.25, 0.3) is 0 Å². The molecule has 2 N–H and O–H groups in total. The molecular weight excluding hydrogens is 268 g/mol. The third-order valence-electron chi connectivity index (χ3n) is 4.01. The van der Waals surface area contributed by atoms with Gasteiger partial charge >= 0.3 is 0 Å². The Balaban J connectivity index is 1.97. The van der Waals surface area contributed by atoms with Crippen molar-refractivity contribution in [3.8, 4) is 5.75 Å². The molecule has 2 aromatic carbocycles. The highest BCUT2D eigenvalue weighted by molar-refractivity contribution is 5.59. The van der Waals surface area contributed by atoms with Crippen molar-refractivity contribution in [2.24, 2.45) is 5.73 Å². The Bertz CT molecular complexity index is 744. The molecule has 1 aliphatic rings. The van der Waals surface area contributed by atoms with Gasteiger partial charge in [-0.2, -0.15) is 0 Å². The maximum atomic E-state index is 11.8. The molecule has 0 spiro atoms. The van der Waals surface area contributed by atoms with E-state index in [-0.39, 0.29) is 6.54 Å². The van der Waals surface area contributed by atoms with Crippen molar-refractivity contribution in [3.05, 3.63) is 55.3 Å². The first-order chi connectivity index (χ1) is 10.2. The molecule has 3 rings (SSSR count). The maximum Gasteiger partial charge on any atom is 0.249 e. The van der Waals surface area contributed by atoms with Crippen molar-refractivity contribution in [2.45, 2.75) is 26.4 Å². The van der Waals surface area contributed by atoms with Crippen LogP contribution in [-0.2, 0) is 19.5 Å². The minimum absolute atomic E-state index is 0.110. The third kappa shape index (κ3) is 2.23. The molecule has 110 valence electrons. The van der Waals surface area contributed by atoms with Crippen LogP contribution in [-0.4, -0.2) is 13.2 Å². The molecule has 5 nitrogen and oxygen atoms in total. The van der Waals surface area contributed by atoms with Crippen LogP contribution in [0, 0.1) is 0 Å². The second-order valence-electron chi connectivity index (χ2n) is 5.26. The minimum Gasteiger partial charge on any atom is -0.491 e. The highest BCUT2D eigenvalue weighted by Crippen LogP contribution is 2.27. The Morgan fingerprint density at radius 3 is 2.81 bits per heavy atom. The van der Waals surface area contributed by atoms with Crippen LogP contribution in [0.2, 0.25) is 0 Å². The number of hydrogen-bond donors (Lipinski definition) is 1. The van der Waals surface area contributed by atoms with Crippen LogP contribution >= 0.6 is 0 Å². The first-order valence-electron chi connectivity index (χ1n) is 7.17. The Morgan fingerprint density at radius 2 is 2.10 bits per heavy atom. The first-order valence-corrected chi connectivity index (χ1v) is 7.17. The maximum absolute atomic E-state index is 11.8. The third-order valence-corrected chi connectivity index (χ3v) is 4.01. The molecule has 0 radical (unpaired) electrons. The topological polar surface area (TPSA) is 72.6 Å². The molecule has 1 aliphatic heterocycles. The lowest BCUT2D eigenvalue weighted by molar-refractivity contribution is 0.331. The standard InChI is InChI=1S/C16H18N2O3/c1-2-10-3-4-13-11(7-10)9-18(5-6-21-13)14-12(8-17)15(19)16(14)20/h3-4,7H,2,5-6,8-9,17H2,1H3.